The Morgan fingerprint density at radius 2 is 2.42 bits per heavy atom. The maximum absolute atomic E-state index is 10.6. The van der Waals surface area contributed by atoms with E-state index in [1.54, 1.807) is 11.8 Å². The van der Waals surface area contributed by atoms with Gasteiger partial charge in [0.25, 0.3) is 0 Å². The van der Waals surface area contributed by atoms with Gasteiger partial charge in [-0.05, 0) is 18.8 Å². The Morgan fingerprint density at radius 3 is 3.00 bits per heavy atom. The molecule has 1 rings (SSSR count). The molecule has 0 saturated heterocycles. The molecule has 0 aromatic carbocycles. The highest BCUT2D eigenvalue weighted by Gasteiger charge is 2.15. The third-order valence-electron chi connectivity index (χ3n) is 2.41. The Hall–Kier alpha value is -0.240. The maximum atomic E-state index is 10.6. The van der Waals surface area contributed by atoms with Gasteiger partial charge in [0.1, 0.15) is 0 Å². The largest absolute Gasteiger partial charge is 0.297 e. The van der Waals surface area contributed by atoms with Crippen molar-refractivity contribution in [3.8, 4) is 0 Å². The third-order valence-corrected chi connectivity index (χ3v) is 3.51. The summed E-state index contributed by atoms with van der Waals surface area (Å²) in [5, 5.41) is 0. The molecule has 1 aliphatic heterocycles. The molecule has 0 amide bonds. The summed E-state index contributed by atoms with van der Waals surface area (Å²) in [5.74, 6) is 1.84. The zero-order valence-electron chi connectivity index (χ0n) is 7.80. The second kappa shape index (κ2) is 4.70. The summed E-state index contributed by atoms with van der Waals surface area (Å²) in [6.07, 6.45) is 4.48. The van der Waals surface area contributed by atoms with Gasteiger partial charge in [-0.1, -0.05) is 25.8 Å². The molecule has 0 bridgehead atoms. The summed E-state index contributed by atoms with van der Waals surface area (Å²) < 4.78 is 0. The fourth-order valence-electron chi connectivity index (χ4n) is 1.39. The van der Waals surface area contributed by atoms with Crippen LogP contribution in [0.25, 0.3) is 0 Å². The average molecular weight is 184 g/mol. The smallest absolute Gasteiger partial charge is 0.156 e. The molecular weight excluding hydrogens is 168 g/mol. The second-order valence-corrected chi connectivity index (χ2v) is 4.54. The van der Waals surface area contributed by atoms with Crippen molar-refractivity contribution in [3.63, 3.8) is 0 Å². The van der Waals surface area contributed by atoms with E-state index in [0.717, 1.165) is 35.7 Å². The first-order chi connectivity index (χ1) is 5.77. The van der Waals surface area contributed by atoms with Crippen molar-refractivity contribution in [3.05, 3.63) is 10.5 Å². The number of thioether (sulfide) groups is 1. The Balaban J connectivity index is 2.54. The molecule has 0 aromatic rings. The van der Waals surface area contributed by atoms with Crippen LogP contribution >= 0.6 is 11.8 Å². The van der Waals surface area contributed by atoms with Gasteiger partial charge in [0.2, 0.25) is 0 Å². The molecule has 1 atom stereocenters. The zero-order chi connectivity index (χ0) is 8.97. The van der Waals surface area contributed by atoms with Crippen LogP contribution in [0.15, 0.2) is 10.5 Å². The fraction of sp³-hybridized carbons (Fsp3) is 0.700. The summed E-state index contributed by atoms with van der Waals surface area (Å²) in [7, 11) is 0. The predicted molar refractivity (Wildman–Crippen MR) is 54.2 cm³/mol. The molecule has 1 nitrogen and oxygen atoms in total. The predicted octanol–water partition coefficient (Wildman–Crippen LogP) is 3.01. The van der Waals surface area contributed by atoms with E-state index >= 15 is 0 Å². The van der Waals surface area contributed by atoms with Crippen molar-refractivity contribution in [1.82, 2.24) is 0 Å². The average Bonchev–Trinajstić information content (AvgIpc) is 2.51. The lowest BCUT2D eigenvalue weighted by Gasteiger charge is -2.08. The number of allylic oxidation sites excluding steroid dienone is 2. The van der Waals surface area contributed by atoms with Crippen molar-refractivity contribution >= 4 is 18.0 Å². The van der Waals surface area contributed by atoms with Gasteiger partial charge in [0, 0.05) is 10.7 Å². The fourth-order valence-corrected chi connectivity index (χ4v) is 2.42. The van der Waals surface area contributed by atoms with Crippen molar-refractivity contribution in [2.75, 3.05) is 5.75 Å². The van der Waals surface area contributed by atoms with Crippen LogP contribution in [0.1, 0.15) is 33.1 Å². The molecule has 0 fully saturated rings. The van der Waals surface area contributed by atoms with Crippen molar-refractivity contribution in [2.24, 2.45) is 5.92 Å². The third kappa shape index (κ3) is 2.37. The van der Waals surface area contributed by atoms with Crippen LogP contribution in [0.2, 0.25) is 0 Å². The molecule has 0 radical (unpaired) electrons. The first-order valence-electron chi connectivity index (χ1n) is 4.58. The lowest BCUT2D eigenvalue weighted by molar-refractivity contribution is -0.104. The van der Waals surface area contributed by atoms with Crippen molar-refractivity contribution in [1.29, 1.82) is 0 Å². The van der Waals surface area contributed by atoms with E-state index in [1.165, 1.54) is 12.0 Å². The van der Waals surface area contributed by atoms with Crippen molar-refractivity contribution in [2.45, 2.75) is 33.1 Å². The highest BCUT2D eigenvalue weighted by atomic mass is 32.2. The molecule has 0 aromatic heterocycles. The van der Waals surface area contributed by atoms with E-state index in [1.807, 2.05) is 0 Å². The molecule has 12 heavy (non-hydrogen) atoms. The van der Waals surface area contributed by atoms with Crippen molar-refractivity contribution < 1.29 is 4.79 Å². The molecule has 0 N–H and O–H groups in total. The van der Waals surface area contributed by atoms with Crippen LogP contribution in [-0.4, -0.2) is 12.0 Å². The molecule has 1 aliphatic rings. The van der Waals surface area contributed by atoms with Crippen LogP contribution in [0.5, 0.6) is 0 Å². The summed E-state index contributed by atoms with van der Waals surface area (Å²) >= 11 is 1.71. The molecule has 0 aliphatic carbocycles. The standard InChI is InChI=1S/C10H16OS/c1-3-8(2)6-9-4-5-12-10(9)7-11/h7-8H,3-6H2,1-2H3. The first-order valence-corrected chi connectivity index (χ1v) is 5.56. The summed E-state index contributed by atoms with van der Waals surface area (Å²) in [5.41, 5.74) is 1.39. The van der Waals surface area contributed by atoms with Crippen LogP contribution in [0, 0.1) is 5.92 Å². The molecular formula is C10H16OS. The SMILES string of the molecule is CCC(C)CC1=C(C=O)SCC1. The quantitative estimate of drug-likeness (QED) is 0.625. The minimum absolute atomic E-state index is 0.730. The van der Waals surface area contributed by atoms with E-state index in [-0.39, 0.29) is 0 Å². The minimum atomic E-state index is 0.730. The van der Waals surface area contributed by atoms with Crippen LogP contribution in [0.4, 0.5) is 0 Å². The second-order valence-electron chi connectivity index (χ2n) is 3.40. The molecule has 0 spiro atoms. The van der Waals surface area contributed by atoms with Gasteiger partial charge in [0.05, 0.1) is 0 Å². The minimum Gasteiger partial charge on any atom is -0.297 e. The summed E-state index contributed by atoms with van der Waals surface area (Å²) in [4.78, 5) is 11.6. The van der Waals surface area contributed by atoms with Gasteiger partial charge < -0.3 is 0 Å². The summed E-state index contributed by atoms with van der Waals surface area (Å²) in [6.45, 7) is 4.45. The highest BCUT2D eigenvalue weighted by Crippen LogP contribution is 2.33. The molecule has 1 unspecified atom stereocenters. The Kier molecular flexibility index (Phi) is 3.86. The van der Waals surface area contributed by atoms with E-state index < -0.39 is 0 Å². The van der Waals surface area contributed by atoms with Gasteiger partial charge in [-0.15, -0.1) is 11.8 Å². The molecule has 1 heterocycles. The van der Waals surface area contributed by atoms with Gasteiger partial charge in [0.15, 0.2) is 6.29 Å². The Morgan fingerprint density at radius 1 is 1.67 bits per heavy atom. The lowest BCUT2D eigenvalue weighted by Crippen LogP contribution is -1.95. The van der Waals surface area contributed by atoms with Crippen LogP contribution in [-0.2, 0) is 4.79 Å². The Labute approximate surface area is 78.6 Å². The molecule has 68 valence electrons. The van der Waals surface area contributed by atoms with E-state index in [9.17, 15) is 4.79 Å². The molecule has 2 heteroatoms. The number of carbonyl (C=O) groups excluding carboxylic acids is 1. The van der Waals surface area contributed by atoms with E-state index in [0.29, 0.717) is 0 Å². The van der Waals surface area contributed by atoms with E-state index in [2.05, 4.69) is 13.8 Å². The Bertz CT molecular complexity index is 196. The number of carbonyl (C=O) groups is 1. The van der Waals surface area contributed by atoms with Crippen LogP contribution < -0.4 is 0 Å². The van der Waals surface area contributed by atoms with Gasteiger partial charge in [-0.25, -0.2) is 0 Å². The van der Waals surface area contributed by atoms with Gasteiger partial charge in [-0.2, -0.15) is 0 Å². The van der Waals surface area contributed by atoms with Gasteiger partial charge in [-0.3, -0.25) is 4.79 Å². The number of aldehydes is 1. The number of hydrogen-bond donors (Lipinski definition) is 0. The monoisotopic (exact) mass is 184 g/mol. The first kappa shape index (κ1) is 9.85. The topological polar surface area (TPSA) is 17.1 Å². The molecule has 0 saturated carbocycles. The number of hydrogen-bond acceptors (Lipinski definition) is 2. The summed E-state index contributed by atoms with van der Waals surface area (Å²) in [6, 6.07) is 0. The normalized spacial score (nSPS) is 19.8. The van der Waals surface area contributed by atoms with E-state index in [4.69, 9.17) is 0 Å². The van der Waals surface area contributed by atoms with Crippen LogP contribution in [0.3, 0.4) is 0 Å². The lowest BCUT2D eigenvalue weighted by atomic mass is 9.97. The zero-order valence-corrected chi connectivity index (χ0v) is 8.62. The maximum Gasteiger partial charge on any atom is 0.156 e. The van der Waals surface area contributed by atoms with Gasteiger partial charge >= 0.3 is 0 Å². The highest BCUT2D eigenvalue weighted by molar-refractivity contribution is 8.04. The number of rotatable bonds is 4.